The van der Waals surface area contributed by atoms with Gasteiger partial charge in [-0.15, -0.1) is 13.2 Å². The van der Waals surface area contributed by atoms with Gasteiger partial charge in [0.1, 0.15) is 11.5 Å². The molecule has 7 nitrogen and oxygen atoms in total. The summed E-state index contributed by atoms with van der Waals surface area (Å²) >= 11 is 13.5. The second kappa shape index (κ2) is 12.6. The zero-order valence-electron chi connectivity index (χ0n) is 17.0. The standard InChI is InChI=1S/C20H21F3N4O3S3/c21-20(22,23)30-16-7-5-13(6-8-16)24-18(32)10-15(28)9-17(29)26-27-19(33)25-14-3-1-12(11-31)2-4-14/h1-8,18,24,31-32H,9-11H2,(H,26,29)(H2,25,27,33). The van der Waals surface area contributed by atoms with Crippen LogP contribution in [0.15, 0.2) is 48.5 Å². The Morgan fingerprint density at radius 3 is 2.18 bits per heavy atom. The van der Waals surface area contributed by atoms with Crippen LogP contribution in [-0.4, -0.2) is 28.5 Å². The Kier molecular flexibility index (Phi) is 10.1. The van der Waals surface area contributed by atoms with Gasteiger partial charge in [0, 0.05) is 23.5 Å². The van der Waals surface area contributed by atoms with E-state index < -0.39 is 29.8 Å². The van der Waals surface area contributed by atoms with E-state index in [9.17, 15) is 22.8 Å². The van der Waals surface area contributed by atoms with Gasteiger partial charge in [0.25, 0.3) is 0 Å². The van der Waals surface area contributed by atoms with Crippen molar-refractivity contribution in [1.29, 1.82) is 0 Å². The van der Waals surface area contributed by atoms with Crippen molar-refractivity contribution in [3.63, 3.8) is 0 Å². The molecule has 2 aromatic rings. The molecule has 0 spiro atoms. The van der Waals surface area contributed by atoms with E-state index in [0.29, 0.717) is 17.1 Å². The van der Waals surface area contributed by atoms with E-state index >= 15 is 0 Å². The smallest absolute Gasteiger partial charge is 0.406 e. The van der Waals surface area contributed by atoms with Gasteiger partial charge in [-0.25, -0.2) is 0 Å². The maximum atomic E-state index is 12.2. The lowest BCUT2D eigenvalue weighted by atomic mass is 10.2. The number of alkyl halides is 3. The lowest BCUT2D eigenvalue weighted by molar-refractivity contribution is -0.274. The Labute approximate surface area is 204 Å². The summed E-state index contributed by atoms with van der Waals surface area (Å²) in [7, 11) is 0. The molecule has 0 radical (unpaired) electrons. The molecule has 0 aromatic heterocycles. The minimum atomic E-state index is -4.78. The number of hydrogen-bond acceptors (Lipinski definition) is 7. The number of ether oxygens (including phenoxy) is 1. The number of hydrazine groups is 1. The van der Waals surface area contributed by atoms with Crippen molar-refractivity contribution < 1.29 is 27.5 Å². The van der Waals surface area contributed by atoms with Gasteiger partial charge in [-0.1, -0.05) is 12.1 Å². The normalized spacial score (nSPS) is 11.8. The van der Waals surface area contributed by atoms with Crippen molar-refractivity contribution in [2.75, 3.05) is 10.6 Å². The van der Waals surface area contributed by atoms with Crippen LogP contribution in [0.2, 0.25) is 0 Å². The van der Waals surface area contributed by atoms with Crippen LogP contribution in [0, 0.1) is 0 Å². The molecule has 1 amide bonds. The van der Waals surface area contributed by atoms with Gasteiger partial charge in [-0.2, -0.15) is 25.3 Å². The molecule has 0 fully saturated rings. The number of carbonyl (C=O) groups excluding carboxylic acids is 2. The Morgan fingerprint density at radius 1 is 1.00 bits per heavy atom. The highest BCUT2D eigenvalue weighted by atomic mass is 32.1. The summed E-state index contributed by atoms with van der Waals surface area (Å²) < 4.78 is 40.3. The highest BCUT2D eigenvalue weighted by Gasteiger charge is 2.31. The number of amides is 1. The first-order chi connectivity index (χ1) is 15.5. The van der Waals surface area contributed by atoms with E-state index in [-0.39, 0.29) is 17.3 Å². The minimum absolute atomic E-state index is 0.0997. The monoisotopic (exact) mass is 518 g/mol. The molecule has 0 aliphatic carbocycles. The summed E-state index contributed by atoms with van der Waals surface area (Å²) in [6.45, 7) is 0. The average Bonchev–Trinajstić information content (AvgIpc) is 2.73. The molecular formula is C20H21F3N4O3S3. The lowest BCUT2D eigenvalue weighted by Crippen LogP contribution is -2.44. The number of carbonyl (C=O) groups is 2. The first-order valence-electron chi connectivity index (χ1n) is 9.42. The molecule has 2 rings (SSSR count). The summed E-state index contributed by atoms with van der Waals surface area (Å²) in [4.78, 5) is 24.0. The molecule has 1 unspecified atom stereocenters. The third-order valence-corrected chi connectivity index (χ3v) is 4.79. The number of benzene rings is 2. The number of hydrogen-bond donors (Lipinski definition) is 6. The van der Waals surface area contributed by atoms with Crippen LogP contribution in [0.5, 0.6) is 5.75 Å². The summed E-state index contributed by atoms with van der Waals surface area (Å²) in [5.41, 5.74) is 7.02. The second-order valence-electron chi connectivity index (χ2n) is 6.63. The van der Waals surface area contributed by atoms with Crippen LogP contribution in [0.4, 0.5) is 24.5 Å². The molecule has 13 heteroatoms. The predicted octanol–water partition coefficient (Wildman–Crippen LogP) is 4.05. The van der Waals surface area contributed by atoms with Crippen molar-refractivity contribution in [3.05, 3.63) is 54.1 Å². The molecule has 0 aliphatic rings. The Bertz CT molecular complexity index is 958. The molecule has 0 aliphatic heterocycles. The number of nitrogens with one attached hydrogen (secondary N) is 4. The molecule has 4 N–H and O–H groups in total. The zero-order valence-corrected chi connectivity index (χ0v) is 19.6. The van der Waals surface area contributed by atoms with Crippen LogP contribution in [0.25, 0.3) is 0 Å². The van der Waals surface area contributed by atoms with Gasteiger partial charge in [0.2, 0.25) is 5.91 Å². The summed E-state index contributed by atoms with van der Waals surface area (Å²) in [6.07, 6.45) is -5.29. The molecule has 178 valence electrons. The molecule has 0 bridgehead atoms. The third kappa shape index (κ3) is 10.7. The van der Waals surface area contributed by atoms with E-state index in [1.807, 2.05) is 24.3 Å². The van der Waals surface area contributed by atoms with Crippen molar-refractivity contribution in [3.8, 4) is 5.75 Å². The van der Waals surface area contributed by atoms with Gasteiger partial charge in [0.15, 0.2) is 5.11 Å². The summed E-state index contributed by atoms with van der Waals surface area (Å²) in [5, 5.41) is 5.21. The Morgan fingerprint density at radius 2 is 1.61 bits per heavy atom. The molecule has 2 aromatic carbocycles. The van der Waals surface area contributed by atoms with Gasteiger partial charge in [-0.05, 0) is 54.2 Å². The first kappa shape index (κ1) is 26.6. The number of anilines is 2. The van der Waals surface area contributed by atoms with Crippen LogP contribution in [0.3, 0.4) is 0 Å². The van der Waals surface area contributed by atoms with Crippen LogP contribution >= 0.6 is 37.5 Å². The molecule has 1 atom stereocenters. The van der Waals surface area contributed by atoms with Crippen molar-refractivity contribution in [1.82, 2.24) is 10.9 Å². The largest absolute Gasteiger partial charge is 0.573 e. The second-order valence-corrected chi connectivity index (χ2v) is 7.98. The third-order valence-electron chi connectivity index (χ3n) is 3.91. The quantitative estimate of drug-likeness (QED) is 0.0981. The van der Waals surface area contributed by atoms with Crippen LogP contribution in [0.1, 0.15) is 18.4 Å². The van der Waals surface area contributed by atoms with E-state index in [2.05, 4.69) is 51.5 Å². The highest BCUT2D eigenvalue weighted by Crippen LogP contribution is 2.24. The minimum Gasteiger partial charge on any atom is -0.406 e. The summed E-state index contributed by atoms with van der Waals surface area (Å²) in [5.74, 6) is -0.756. The molecule has 0 saturated heterocycles. The maximum Gasteiger partial charge on any atom is 0.573 e. The SMILES string of the molecule is O=C(CC(=O)NNC(=S)Nc1ccc(CS)cc1)CC(S)Nc1ccc(OC(F)(F)F)cc1. The predicted molar refractivity (Wildman–Crippen MR) is 130 cm³/mol. The number of thiocarbonyl (C=S) groups is 1. The van der Waals surface area contributed by atoms with Gasteiger partial charge in [-0.3, -0.25) is 20.4 Å². The fourth-order valence-corrected chi connectivity index (χ4v) is 3.22. The lowest BCUT2D eigenvalue weighted by Gasteiger charge is -2.15. The van der Waals surface area contributed by atoms with E-state index in [0.717, 1.165) is 17.7 Å². The number of thiol groups is 2. The highest BCUT2D eigenvalue weighted by molar-refractivity contribution is 7.81. The fourth-order valence-electron chi connectivity index (χ4n) is 2.49. The Hall–Kier alpha value is -2.64. The molecule has 0 heterocycles. The fraction of sp³-hybridized carbons (Fsp3) is 0.250. The Balaban J connectivity index is 1.70. The van der Waals surface area contributed by atoms with E-state index in [1.54, 1.807) is 0 Å². The van der Waals surface area contributed by atoms with E-state index in [1.165, 1.54) is 12.1 Å². The zero-order chi connectivity index (χ0) is 24.4. The number of rotatable bonds is 9. The van der Waals surface area contributed by atoms with Gasteiger partial charge >= 0.3 is 6.36 Å². The van der Waals surface area contributed by atoms with Crippen LogP contribution in [-0.2, 0) is 15.3 Å². The molecule has 33 heavy (non-hydrogen) atoms. The van der Waals surface area contributed by atoms with Gasteiger partial charge in [0.05, 0.1) is 11.8 Å². The van der Waals surface area contributed by atoms with Crippen LogP contribution < -0.4 is 26.2 Å². The maximum absolute atomic E-state index is 12.2. The molecular weight excluding hydrogens is 497 g/mol. The topological polar surface area (TPSA) is 91.5 Å². The van der Waals surface area contributed by atoms with Gasteiger partial charge < -0.3 is 15.4 Å². The van der Waals surface area contributed by atoms with E-state index in [4.69, 9.17) is 12.2 Å². The van der Waals surface area contributed by atoms with Crippen molar-refractivity contribution >= 4 is 65.7 Å². The number of ketones is 1. The average molecular weight is 519 g/mol. The number of halogens is 3. The summed E-state index contributed by atoms with van der Waals surface area (Å²) in [6, 6.07) is 12.3. The van der Waals surface area contributed by atoms with Crippen molar-refractivity contribution in [2.24, 2.45) is 0 Å². The van der Waals surface area contributed by atoms with Crippen molar-refractivity contribution in [2.45, 2.75) is 30.3 Å². The molecule has 0 saturated carbocycles. The first-order valence-corrected chi connectivity index (χ1v) is 11.0. The number of Topliss-reactive ketones (excluding diaryl/α,β-unsaturated/α-hetero) is 1.